The second kappa shape index (κ2) is 7.82. The molecule has 138 valence electrons. The Bertz CT molecular complexity index is 1030. The lowest BCUT2D eigenvalue weighted by Gasteiger charge is -2.14. The summed E-state index contributed by atoms with van der Waals surface area (Å²) in [4.78, 5) is 18.8. The van der Waals surface area contributed by atoms with Crippen molar-refractivity contribution >= 4 is 23.5 Å². The third kappa shape index (κ3) is 3.77. The number of hydrogen-bond acceptors (Lipinski definition) is 5. The van der Waals surface area contributed by atoms with Crippen LogP contribution in [0, 0.1) is 6.92 Å². The van der Waals surface area contributed by atoms with Crippen LogP contribution in [0.5, 0.6) is 5.75 Å². The molecule has 2 aromatic carbocycles. The Morgan fingerprint density at radius 2 is 2.04 bits per heavy atom. The van der Waals surface area contributed by atoms with E-state index < -0.39 is 0 Å². The highest BCUT2D eigenvalue weighted by molar-refractivity contribution is 7.99. The van der Waals surface area contributed by atoms with E-state index in [0.29, 0.717) is 0 Å². The van der Waals surface area contributed by atoms with Gasteiger partial charge in [-0.05, 0) is 24.6 Å². The number of aromatic nitrogens is 2. The molecule has 0 atom stereocenters. The van der Waals surface area contributed by atoms with Crippen LogP contribution in [-0.4, -0.2) is 22.4 Å². The first-order valence-electron chi connectivity index (χ1n) is 8.77. The van der Waals surface area contributed by atoms with Crippen molar-refractivity contribution in [2.45, 2.75) is 29.1 Å². The summed E-state index contributed by atoms with van der Waals surface area (Å²) in [5, 5.41) is 0.732. The number of ether oxygens (including phenoxy) is 1. The molecule has 0 amide bonds. The van der Waals surface area contributed by atoms with Gasteiger partial charge in [-0.1, -0.05) is 47.7 Å². The van der Waals surface area contributed by atoms with Gasteiger partial charge in [0.1, 0.15) is 5.75 Å². The van der Waals surface area contributed by atoms with Crippen LogP contribution in [0.2, 0.25) is 0 Å². The summed E-state index contributed by atoms with van der Waals surface area (Å²) in [5.74, 6) is 2.41. The predicted molar refractivity (Wildman–Crippen MR) is 112 cm³/mol. The number of nitrogens with zero attached hydrogens (tertiary/aromatic N) is 2. The average Bonchev–Trinajstić information content (AvgIpc) is 3.16. The molecule has 0 bridgehead atoms. The maximum atomic E-state index is 13.2. The Morgan fingerprint density at radius 1 is 1.22 bits per heavy atom. The molecule has 1 aromatic heterocycles. The maximum Gasteiger partial charge on any atom is 0.272 e. The Balaban J connectivity index is 1.76. The first kappa shape index (κ1) is 18.2. The van der Waals surface area contributed by atoms with E-state index in [1.807, 2.05) is 24.3 Å². The first-order chi connectivity index (χ1) is 13.2. The molecule has 0 aliphatic carbocycles. The summed E-state index contributed by atoms with van der Waals surface area (Å²) in [6.45, 7) is 2.08. The van der Waals surface area contributed by atoms with Crippen LogP contribution in [0.4, 0.5) is 0 Å². The number of hydrogen-bond donors (Lipinski definition) is 0. The van der Waals surface area contributed by atoms with E-state index >= 15 is 0 Å². The van der Waals surface area contributed by atoms with E-state index in [-0.39, 0.29) is 5.56 Å². The van der Waals surface area contributed by atoms with E-state index in [2.05, 4.69) is 31.2 Å². The van der Waals surface area contributed by atoms with Crippen molar-refractivity contribution in [2.75, 3.05) is 12.9 Å². The van der Waals surface area contributed by atoms with Gasteiger partial charge in [-0.2, -0.15) is 0 Å². The van der Waals surface area contributed by atoms with Gasteiger partial charge in [0.05, 0.1) is 23.4 Å². The van der Waals surface area contributed by atoms with Gasteiger partial charge in [0.15, 0.2) is 5.16 Å². The molecule has 2 heterocycles. The van der Waals surface area contributed by atoms with Crippen molar-refractivity contribution in [1.29, 1.82) is 0 Å². The van der Waals surface area contributed by atoms with Gasteiger partial charge in [-0.15, -0.1) is 11.8 Å². The third-order valence-electron chi connectivity index (χ3n) is 4.47. The minimum absolute atomic E-state index is 0.0159. The zero-order valence-electron chi connectivity index (χ0n) is 15.3. The fourth-order valence-electron chi connectivity index (χ4n) is 3.00. The standard InChI is InChI=1S/C21H20N2O2S2/c1-14-6-8-15(9-7-14)13-27-21-22-18-10-11-26-19(18)20(24)23(21)16-4-3-5-17(12-16)25-2/h3-9,12H,10-11,13H2,1-2H3. The zero-order chi connectivity index (χ0) is 18.8. The molecule has 0 saturated heterocycles. The zero-order valence-corrected chi connectivity index (χ0v) is 16.9. The second-order valence-electron chi connectivity index (χ2n) is 6.38. The largest absolute Gasteiger partial charge is 0.497 e. The molecule has 1 aliphatic heterocycles. The van der Waals surface area contributed by atoms with Crippen molar-refractivity contribution in [3.8, 4) is 11.4 Å². The predicted octanol–water partition coefficient (Wildman–Crippen LogP) is 4.49. The summed E-state index contributed by atoms with van der Waals surface area (Å²) >= 11 is 3.20. The van der Waals surface area contributed by atoms with Gasteiger partial charge in [0.25, 0.3) is 5.56 Å². The van der Waals surface area contributed by atoms with Crippen molar-refractivity contribution < 1.29 is 4.74 Å². The van der Waals surface area contributed by atoms with Crippen LogP contribution in [0.1, 0.15) is 16.8 Å². The quantitative estimate of drug-likeness (QED) is 0.470. The van der Waals surface area contributed by atoms with Gasteiger partial charge in [0.2, 0.25) is 0 Å². The minimum atomic E-state index is 0.0159. The lowest BCUT2D eigenvalue weighted by atomic mass is 10.2. The molecule has 6 heteroatoms. The molecule has 0 N–H and O–H groups in total. The van der Waals surface area contributed by atoms with Crippen LogP contribution in [0.25, 0.3) is 5.69 Å². The fraction of sp³-hybridized carbons (Fsp3) is 0.238. The molecule has 0 radical (unpaired) electrons. The van der Waals surface area contributed by atoms with Crippen LogP contribution in [-0.2, 0) is 12.2 Å². The average molecular weight is 397 g/mol. The van der Waals surface area contributed by atoms with E-state index in [1.165, 1.54) is 11.1 Å². The number of methoxy groups -OCH3 is 1. The molecule has 3 aromatic rings. The molecule has 4 nitrogen and oxygen atoms in total. The smallest absolute Gasteiger partial charge is 0.272 e. The van der Waals surface area contributed by atoms with Gasteiger partial charge < -0.3 is 4.74 Å². The summed E-state index contributed by atoms with van der Waals surface area (Å²) in [6.07, 6.45) is 0.853. The van der Waals surface area contributed by atoms with E-state index in [1.54, 1.807) is 35.2 Å². The Morgan fingerprint density at radius 3 is 2.81 bits per heavy atom. The Kier molecular flexibility index (Phi) is 5.27. The molecule has 27 heavy (non-hydrogen) atoms. The Hall–Kier alpha value is -2.18. The molecule has 0 saturated carbocycles. The highest BCUT2D eigenvalue weighted by Crippen LogP contribution is 2.31. The van der Waals surface area contributed by atoms with Crippen molar-refractivity contribution in [3.63, 3.8) is 0 Å². The third-order valence-corrected chi connectivity index (χ3v) is 6.58. The number of fused-ring (bicyclic) bond motifs is 1. The number of benzene rings is 2. The summed E-state index contributed by atoms with van der Waals surface area (Å²) in [6, 6.07) is 16.0. The van der Waals surface area contributed by atoms with Gasteiger partial charge in [-0.3, -0.25) is 9.36 Å². The number of aryl methyl sites for hydroxylation is 2. The van der Waals surface area contributed by atoms with Crippen LogP contribution in [0.15, 0.2) is 63.4 Å². The molecule has 4 rings (SSSR count). The molecule has 0 unspecified atom stereocenters. The number of thioether (sulfide) groups is 2. The number of rotatable bonds is 5. The summed E-state index contributed by atoms with van der Waals surface area (Å²) in [7, 11) is 1.63. The first-order valence-corrected chi connectivity index (χ1v) is 10.7. The lowest BCUT2D eigenvalue weighted by molar-refractivity contribution is 0.414. The lowest BCUT2D eigenvalue weighted by Crippen LogP contribution is -2.23. The Labute approximate surface area is 167 Å². The fourth-order valence-corrected chi connectivity index (χ4v) is 5.01. The van der Waals surface area contributed by atoms with Gasteiger partial charge in [0, 0.05) is 24.0 Å². The van der Waals surface area contributed by atoms with Gasteiger partial charge >= 0.3 is 0 Å². The van der Waals surface area contributed by atoms with Gasteiger partial charge in [-0.25, -0.2) is 4.98 Å². The van der Waals surface area contributed by atoms with Crippen LogP contribution < -0.4 is 10.3 Å². The van der Waals surface area contributed by atoms with Crippen LogP contribution >= 0.6 is 23.5 Å². The van der Waals surface area contributed by atoms with E-state index in [4.69, 9.17) is 9.72 Å². The SMILES string of the molecule is COc1cccc(-n2c(SCc3ccc(C)cc3)nc3c(c2=O)SCC3)c1. The van der Waals surface area contributed by atoms with Crippen LogP contribution in [0.3, 0.4) is 0 Å². The minimum Gasteiger partial charge on any atom is -0.497 e. The van der Waals surface area contributed by atoms with Crippen molar-refractivity contribution in [3.05, 3.63) is 75.7 Å². The summed E-state index contributed by atoms with van der Waals surface area (Å²) in [5.41, 5.74) is 4.18. The maximum absolute atomic E-state index is 13.2. The van der Waals surface area contributed by atoms with Crippen molar-refractivity contribution in [2.24, 2.45) is 0 Å². The monoisotopic (exact) mass is 396 g/mol. The van der Waals surface area contributed by atoms with E-state index in [9.17, 15) is 4.79 Å². The normalized spacial score (nSPS) is 12.8. The molecular formula is C21H20N2O2S2. The molecule has 0 fully saturated rings. The molecule has 1 aliphatic rings. The van der Waals surface area contributed by atoms with Crippen molar-refractivity contribution in [1.82, 2.24) is 9.55 Å². The summed E-state index contributed by atoms with van der Waals surface area (Å²) < 4.78 is 7.06. The highest BCUT2D eigenvalue weighted by Gasteiger charge is 2.22. The second-order valence-corrected chi connectivity index (χ2v) is 8.43. The van der Waals surface area contributed by atoms with E-state index in [0.717, 1.165) is 45.1 Å². The molecular weight excluding hydrogens is 376 g/mol. The topological polar surface area (TPSA) is 44.1 Å². The highest BCUT2D eigenvalue weighted by atomic mass is 32.2. The molecule has 0 spiro atoms.